The Morgan fingerprint density at radius 1 is 0.309 bits per heavy atom. The second-order valence-corrected chi connectivity index (χ2v) is 44.0. The van der Waals surface area contributed by atoms with E-state index in [-0.39, 0.29) is 31.6 Å². The van der Waals surface area contributed by atoms with Crippen LogP contribution in [0.2, 0.25) is 20.1 Å². The van der Waals surface area contributed by atoms with Crippen molar-refractivity contribution in [1.82, 2.24) is 0 Å². The first kappa shape index (κ1) is 60.7. The number of fused-ring (bicyclic) bond motifs is 9. The van der Waals surface area contributed by atoms with Crippen molar-refractivity contribution in [3.8, 4) is 45.3 Å². The third kappa shape index (κ3) is 8.26. The number of hydrogen-bond acceptors (Lipinski definition) is 7. The fourth-order valence-corrected chi connectivity index (χ4v) is 40.0. The van der Waals surface area contributed by atoms with E-state index >= 15 is 0 Å². The van der Waals surface area contributed by atoms with Gasteiger partial charge in [-0.25, -0.2) is 0 Å². The minimum atomic E-state index is -7.04. The van der Waals surface area contributed by atoms with E-state index in [4.69, 9.17) is 56.8 Å². The summed E-state index contributed by atoms with van der Waals surface area (Å²) in [6.07, 6.45) is 0. The molecule has 0 saturated heterocycles. The molecule has 478 valence electrons. The molecular weight excluding hydrogens is 1480 g/mol. The SMILES string of the molecule is Cc1ccc(N(c2ccc(C)cc2)c2ccc3c(c2)C(C)(C)c2c-3cc3[c]4c2Oc2c5c(cc6[c]2[Bi]42([O]c4c(Cl)c(Cl)c(Cl)c(Cl)c4[O]2)[c]2c(cc(C)cc2N6c2ccc(C)cc2)N3c2ccc(C)cc2)-c2ccc(N(c3ccc(C)cc3)c3ccc(C)cc3)cc2C5(C)C)cc1. The molecule has 4 heterocycles. The number of hydrogen-bond donors (Lipinski definition) is 0. The zero-order valence-corrected chi connectivity index (χ0v) is 62.1. The number of ether oxygens (including phenoxy) is 1. The number of anilines is 12. The third-order valence-electron chi connectivity index (χ3n) is 21.2. The van der Waals surface area contributed by atoms with Gasteiger partial charge in [-0.1, -0.05) is 0 Å². The first-order valence-corrected chi connectivity index (χ1v) is 42.6. The van der Waals surface area contributed by atoms with Crippen molar-refractivity contribution < 1.29 is 10.4 Å². The molecular formula is C85H67BiCl4N4O3. The predicted molar refractivity (Wildman–Crippen MR) is 406 cm³/mol. The van der Waals surface area contributed by atoms with Gasteiger partial charge >= 0.3 is 566 Å². The van der Waals surface area contributed by atoms with Crippen LogP contribution in [0.25, 0.3) is 22.3 Å². The van der Waals surface area contributed by atoms with Gasteiger partial charge in [0.15, 0.2) is 0 Å². The molecule has 97 heavy (non-hydrogen) atoms. The summed E-state index contributed by atoms with van der Waals surface area (Å²) < 4.78 is 28.4. The molecule has 12 heteroatoms. The van der Waals surface area contributed by atoms with Crippen LogP contribution in [0, 0.1) is 48.5 Å². The van der Waals surface area contributed by atoms with Crippen LogP contribution in [0.15, 0.2) is 206 Å². The van der Waals surface area contributed by atoms with Gasteiger partial charge in [-0.05, 0) is 27.7 Å². The van der Waals surface area contributed by atoms with Crippen molar-refractivity contribution in [3.63, 3.8) is 0 Å². The van der Waals surface area contributed by atoms with Crippen LogP contribution < -0.4 is 39.8 Å². The van der Waals surface area contributed by atoms with E-state index in [1.165, 1.54) is 22.3 Å². The van der Waals surface area contributed by atoms with Crippen molar-refractivity contribution in [2.45, 2.75) is 87.0 Å². The van der Waals surface area contributed by atoms with E-state index in [2.05, 4.69) is 302 Å². The minimum absolute atomic E-state index is 0.0853. The summed E-state index contributed by atoms with van der Waals surface area (Å²) in [7, 11) is 0. The normalized spacial score (nSPS) is 16.0. The van der Waals surface area contributed by atoms with Crippen LogP contribution in [0.4, 0.5) is 68.2 Å². The molecule has 0 saturated carbocycles. The Kier molecular flexibility index (Phi) is 13.1. The molecule has 0 unspecified atom stereocenters. The van der Waals surface area contributed by atoms with Crippen LogP contribution in [-0.2, 0) is 10.8 Å². The fourth-order valence-electron chi connectivity index (χ4n) is 16.6. The monoisotopic (exact) mass is 1540 g/mol. The molecule has 0 aromatic heterocycles. The fraction of sp³-hybridized carbons (Fsp3) is 0.153. The van der Waals surface area contributed by atoms with Gasteiger partial charge in [0.2, 0.25) is 0 Å². The van der Waals surface area contributed by atoms with Crippen LogP contribution >= 0.6 is 46.4 Å². The zero-order valence-electron chi connectivity index (χ0n) is 55.6. The molecule has 0 bridgehead atoms. The summed E-state index contributed by atoms with van der Waals surface area (Å²) >= 11 is 23.0. The van der Waals surface area contributed by atoms with Crippen LogP contribution in [0.5, 0.6) is 23.0 Å². The molecule has 0 fully saturated rings. The van der Waals surface area contributed by atoms with Crippen molar-refractivity contribution >= 4 is 144 Å². The second-order valence-electron chi connectivity index (χ2n) is 28.4. The molecule has 0 atom stereocenters. The van der Waals surface area contributed by atoms with Crippen molar-refractivity contribution in [2.75, 3.05) is 19.6 Å². The first-order chi connectivity index (χ1) is 46.5. The van der Waals surface area contributed by atoms with Crippen LogP contribution in [0.1, 0.15) is 88.9 Å². The topological polar surface area (TPSA) is 40.7 Å². The standard InChI is InChI=1S/C79H67N4O.C6H2Cl4O2.Bi/c1-49-12-24-56(25-13-49)80(57-26-14-50(2)15-27-57)62-36-38-68-70-43-66-47-74(76(70)78(8,9)72(68)45-62)84-75-48-67(83(61-34-22-54(6)23-35-61)65-41-55(7)40-64(42-65)82(66)60-32-20-53(5)21-33-60)44-71-69-39-37-63(46-73(69)79(10,11)77(71)75)81(58-28-16-51(3)17-29-58)59-30-18-52(4)19-31-59;7-1-2(8)4(10)6(12)5(11)3(1)9;/h12-41,43-46H,1-11H3;11-12H;/q;;+2/p-2. The molecule has 0 radical (unpaired) electrons. The van der Waals surface area contributed by atoms with Crippen molar-refractivity contribution in [2.24, 2.45) is 0 Å². The molecule has 12 aromatic rings. The van der Waals surface area contributed by atoms with Gasteiger partial charge in [0.1, 0.15) is 0 Å². The van der Waals surface area contributed by atoms with Crippen molar-refractivity contribution in [3.05, 3.63) is 288 Å². The van der Waals surface area contributed by atoms with Gasteiger partial charge < -0.3 is 0 Å². The molecule has 6 aliphatic rings. The first-order valence-electron chi connectivity index (χ1n) is 33.0. The maximum absolute atomic E-state index is 8.63. The van der Waals surface area contributed by atoms with Gasteiger partial charge in [0.05, 0.1) is 0 Å². The Labute approximate surface area is 588 Å². The quantitative estimate of drug-likeness (QED) is 0.0853. The second kappa shape index (κ2) is 20.9. The van der Waals surface area contributed by atoms with Crippen LogP contribution in [0.3, 0.4) is 0 Å². The third-order valence-corrected chi connectivity index (χ3v) is 41.7. The predicted octanol–water partition coefficient (Wildman–Crippen LogP) is 23.6. The van der Waals surface area contributed by atoms with E-state index < -0.39 is 30.5 Å². The molecule has 2 aliphatic carbocycles. The molecule has 12 aromatic carbocycles. The number of nitrogens with zero attached hydrogens (tertiary/aromatic N) is 4. The molecule has 0 N–H and O–H groups in total. The van der Waals surface area contributed by atoms with Crippen LogP contribution in [-0.4, -0.2) is 19.7 Å². The van der Waals surface area contributed by atoms with E-state index in [0.29, 0.717) is 11.5 Å². The van der Waals surface area contributed by atoms with E-state index in [0.717, 1.165) is 139 Å². The zero-order chi connectivity index (χ0) is 66.9. The number of halogens is 4. The Morgan fingerprint density at radius 3 is 0.938 bits per heavy atom. The van der Waals surface area contributed by atoms with Gasteiger partial charge in [-0.3, -0.25) is 0 Å². The molecule has 4 aliphatic heterocycles. The van der Waals surface area contributed by atoms with E-state index in [1.807, 2.05) is 0 Å². The summed E-state index contributed by atoms with van der Waals surface area (Å²) in [5, 5.41) is 0.423. The summed E-state index contributed by atoms with van der Waals surface area (Å²) in [5.74, 6) is 1.90. The van der Waals surface area contributed by atoms with Gasteiger partial charge in [-0.2, -0.15) is 0 Å². The molecule has 1 spiro atoms. The average molecular weight is 1540 g/mol. The van der Waals surface area contributed by atoms with Gasteiger partial charge in [-0.15, -0.1) is 0 Å². The maximum atomic E-state index is 8.63. The average Bonchev–Trinajstić information content (AvgIpc) is 1.59. The van der Waals surface area contributed by atoms with Crippen molar-refractivity contribution in [1.29, 1.82) is 0 Å². The Bertz CT molecular complexity index is 5040. The Balaban J connectivity index is 0.983. The van der Waals surface area contributed by atoms with Gasteiger partial charge in [0, 0.05) is 0 Å². The molecule has 0 amide bonds. The summed E-state index contributed by atoms with van der Waals surface area (Å²) in [6.45, 7) is 24.4. The summed E-state index contributed by atoms with van der Waals surface area (Å²) in [4.78, 5) is 9.59. The van der Waals surface area contributed by atoms with Gasteiger partial charge in [0.25, 0.3) is 0 Å². The number of benzene rings is 12. The number of rotatable bonds is 8. The number of aryl methyl sites for hydroxylation is 7. The summed E-state index contributed by atoms with van der Waals surface area (Å²) in [6, 6.07) is 76.3. The molecule has 18 rings (SSSR count). The van der Waals surface area contributed by atoms with E-state index in [9.17, 15) is 0 Å². The summed E-state index contributed by atoms with van der Waals surface area (Å²) in [5.41, 5.74) is 27.1. The molecule has 7 nitrogen and oxygen atoms in total. The van der Waals surface area contributed by atoms with E-state index in [1.54, 1.807) is 0 Å². The Hall–Kier alpha value is -8.72. The Morgan fingerprint density at radius 2 is 0.608 bits per heavy atom.